The molecule has 3 heterocycles. The number of carbonyl (C=O) groups is 1. The highest BCUT2D eigenvalue weighted by Gasteiger charge is 2.61. The number of imidazole rings is 1. The van der Waals surface area contributed by atoms with Crippen molar-refractivity contribution >= 4 is 22.8 Å². The van der Waals surface area contributed by atoms with Gasteiger partial charge in [-0.05, 0) is 86.4 Å². The number of carbonyl (C=O) groups excluding carboxylic acids is 1. The summed E-state index contributed by atoms with van der Waals surface area (Å²) in [7, 11) is 2.20. The van der Waals surface area contributed by atoms with Crippen LogP contribution in [0, 0.1) is 16.7 Å². The highest BCUT2D eigenvalue weighted by atomic mass is 16.1. The van der Waals surface area contributed by atoms with Crippen LogP contribution in [0.2, 0.25) is 0 Å². The van der Waals surface area contributed by atoms with E-state index in [9.17, 15) is 4.79 Å². The molecule has 2 aliphatic carbocycles. The van der Waals surface area contributed by atoms with E-state index in [2.05, 4.69) is 82.5 Å². The molecule has 2 aromatic heterocycles. The van der Waals surface area contributed by atoms with Gasteiger partial charge in [-0.2, -0.15) is 0 Å². The fraction of sp³-hybridized carbons (Fsp3) is 0.581. The van der Waals surface area contributed by atoms with Gasteiger partial charge in [-0.1, -0.05) is 20.8 Å². The molecule has 1 aromatic carbocycles. The largest absolute Gasteiger partial charge is 0.385 e. The number of hydrogen-bond donors (Lipinski definition) is 3. The van der Waals surface area contributed by atoms with Crippen LogP contribution in [-0.2, 0) is 0 Å². The number of H-pyrrole nitrogens is 1. The Labute approximate surface area is 232 Å². The monoisotopic (exact) mass is 529 g/mol. The minimum absolute atomic E-state index is 0.0386. The average Bonchev–Trinajstić information content (AvgIpc) is 3.52. The van der Waals surface area contributed by atoms with E-state index in [0.29, 0.717) is 22.6 Å². The Morgan fingerprint density at radius 2 is 1.87 bits per heavy atom. The number of aromatic amines is 1. The van der Waals surface area contributed by atoms with Crippen LogP contribution in [0.25, 0.3) is 22.6 Å². The van der Waals surface area contributed by atoms with E-state index in [1.54, 1.807) is 12.3 Å². The Kier molecular flexibility index (Phi) is 6.88. The number of piperazine rings is 1. The third kappa shape index (κ3) is 4.82. The van der Waals surface area contributed by atoms with E-state index in [1.165, 1.54) is 25.9 Å². The molecule has 3 aliphatic rings. The Balaban J connectivity index is 1.09. The number of nitrogens with one attached hydrogen (secondary N) is 3. The van der Waals surface area contributed by atoms with Crippen LogP contribution in [0.3, 0.4) is 0 Å². The molecule has 1 saturated heterocycles. The van der Waals surface area contributed by atoms with Crippen LogP contribution in [0.4, 0.5) is 5.69 Å². The average molecular weight is 530 g/mol. The SMILES string of the molecule is CN1CCN(CCCNc2ccc(-c3nc4nccc(C(=O)N[C@H]5C[C@H]6CC[C@]5(C)C6(C)C)c4[nH]3)cc2)CC1. The van der Waals surface area contributed by atoms with E-state index >= 15 is 0 Å². The van der Waals surface area contributed by atoms with E-state index in [-0.39, 0.29) is 22.8 Å². The van der Waals surface area contributed by atoms with Gasteiger partial charge in [0.15, 0.2) is 5.65 Å². The molecule has 0 radical (unpaired) electrons. The van der Waals surface area contributed by atoms with Crippen LogP contribution in [0.1, 0.15) is 56.8 Å². The lowest BCUT2D eigenvalue weighted by molar-refractivity contribution is 0.0827. The minimum Gasteiger partial charge on any atom is -0.385 e. The van der Waals surface area contributed by atoms with E-state index in [0.717, 1.165) is 56.1 Å². The Morgan fingerprint density at radius 3 is 2.56 bits per heavy atom. The summed E-state index contributed by atoms with van der Waals surface area (Å²) in [5.41, 5.74) is 4.36. The first-order valence-electron chi connectivity index (χ1n) is 14.7. The van der Waals surface area contributed by atoms with Crippen molar-refractivity contribution in [2.24, 2.45) is 16.7 Å². The zero-order valence-corrected chi connectivity index (χ0v) is 23.9. The molecule has 3 aromatic rings. The van der Waals surface area contributed by atoms with Crippen molar-refractivity contribution in [1.82, 2.24) is 30.1 Å². The standard InChI is InChI=1S/C31H43N7O/c1-30(2)22-10-12-31(30,3)25(20-22)34-29(39)24-11-14-33-28-26(24)35-27(36-28)21-6-8-23(9-7-21)32-13-5-15-38-18-16-37(4)17-19-38/h6-9,11,14,22,25,32H,5,10,12-13,15-20H2,1-4H3,(H,34,39)(H,33,35,36)/t22-,25+,31+/m1/s1. The number of benzene rings is 1. The summed E-state index contributed by atoms with van der Waals surface area (Å²) in [6.07, 6.45) is 6.32. The fourth-order valence-electron chi connectivity index (χ4n) is 7.25. The van der Waals surface area contributed by atoms with Gasteiger partial charge in [-0.25, -0.2) is 9.97 Å². The third-order valence-electron chi connectivity index (χ3n) is 10.5. The number of fused-ring (bicyclic) bond motifs is 3. The first-order valence-corrected chi connectivity index (χ1v) is 14.7. The van der Waals surface area contributed by atoms with Crippen molar-refractivity contribution in [2.45, 2.75) is 52.5 Å². The van der Waals surface area contributed by atoms with Gasteiger partial charge >= 0.3 is 0 Å². The molecule has 208 valence electrons. The molecule has 39 heavy (non-hydrogen) atoms. The Hall–Kier alpha value is -2.97. The predicted octanol–water partition coefficient (Wildman–Crippen LogP) is 4.62. The second-order valence-electron chi connectivity index (χ2n) is 12.8. The molecule has 1 amide bonds. The first-order chi connectivity index (χ1) is 18.7. The zero-order chi connectivity index (χ0) is 27.2. The lowest BCUT2D eigenvalue weighted by Crippen LogP contribution is -2.46. The van der Waals surface area contributed by atoms with Gasteiger partial charge in [-0.3, -0.25) is 4.79 Å². The minimum atomic E-state index is -0.0386. The van der Waals surface area contributed by atoms with Crippen molar-refractivity contribution in [3.8, 4) is 11.4 Å². The van der Waals surface area contributed by atoms with Gasteiger partial charge in [0.2, 0.25) is 0 Å². The molecule has 8 nitrogen and oxygen atoms in total. The molecular weight excluding hydrogens is 486 g/mol. The number of likely N-dealkylation sites (N-methyl/N-ethyl adjacent to an activating group) is 1. The number of amides is 1. The van der Waals surface area contributed by atoms with E-state index in [4.69, 9.17) is 4.98 Å². The van der Waals surface area contributed by atoms with E-state index in [1.807, 2.05) is 0 Å². The van der Waals surface area contributed by atoms with Gasteiger partial charge in [0.05, 0.1) is 11.1 Å². The highest BCUT2D eigenvalue weighted by molar-refractivity contribution is 6.04. The van der Waals surface area contributed by atoms with Crippen LogP contribution in [0.15, 0.2) is 36.5 Å². The number of nitrogens with zero attached hydrogens (tertiary/aromatic N) is 4. The van der Waals surface area contributed by atoms with Crippen molar-refractivity contribution < 1.29 is 4.79 Å². The van der Waals surface area contributed by atoms with Crippen LogP contribution in [0.5, 0.6) is 0 Å². The number of rotatable bonds is 8. The lowest BCUT2D eigenvalue weighted by Gasteiger charge is -2.39. The molecular formula is C31H43N7O. The summed E-state index contributed by atoms with van der Waals surface area (Å²) < 4.78 is 0. The Morgan fingerprint density at radius 1 is 1.10 bits per heavy atom. The normalized spacial score (nSPS) is 26.8. The third-order valence-corrected chi connectivity index (χ3v) is 10.5. The summed E-state index contributed by atoms with van der Waals surface area (Å²) in [6, 6.07) is 10.3. The lowest BCUT2D eigenvalue weighted by atomic mass is 9.69. The number of anilines is 1. The predicted molar refractivity (Wildman–Crippen MR) is 157 cm³/mol. The smallest absolute Gasteiger partial charge is 0.253 e. The van der Waals surface area contributed by atoms with Gasteiger partial charge in [-0.15, -0.1) is 0 Å². The second kappa shape index (κ2) is 10.2. The van der Waals surface area contributed by atoms with Crippen molar-refractivity contribution in [2.75, 3.05) is 51.6 Å². The topological polar surface area (TPSA) is 89.2 Å². The maximum Gasteiger partial charge on any atom is 0.253 e. The summed E-state index contributed by atoms with van der Waals surface area (Å²) in [5.74, 6) is 1.37. The molecule has 2 bridgehead atoms. The van der Waals surface area contributed by atoms with Crippen molar-refractivity contribution in [3.05, 3.63) is 42.1 Å². The van der Waals surface area contributed by atoms with Gasteiger partial charge in [0.25, 0.3) is 5.91 Å². The summed E-state index contributed by atoms with van der Waals surface area (Å²) in [5, 5.41) is 6.93. The summed E-state index contributed by atoms with van der Waals surface area (Å²) >= 11 is 0. The molecule has 0 unspecified atom stereocenters. The highest BCUT2D eigenvalue weighted by Crippen LogP contribution is 2.65. The molecule has 6 rings (SSSR count). The number of pyridine rings is 1. The van der Waals surface area contributed by atoms with Gasteiger partial charge in [0, 0.05) is 56.2 Å². The maximum atomic E-state index is 13.5. The first kappa shape index (κ1) is 26.3. The fourth-order valence-corrected chi connectivity index (χ4v) is 7.25. The molecule has 1 aliphatic heterocycles. The van der Waals surface area contributed by atoms with Crippen molar-refractivity contribution in [1.29, 1.82) is 0 Å². The van der Waals surface area contributed by atoms with Gasteiger partial charge in [0.1, 0.15) is 5.82 Å². The summed E-state index contributed by atoms with van der Waals surface area (Å²) in [6.45, 7) is 13.9. The molecule has 2 saturated carbocycles. The van der Waals surface area contributed by atoms with Crippen LogP contribution in [-0.4, -0.2) is 83.0 Å². The Bertz CT molecular complexity index is 1320. The molecule has 3 N–H and O–H groups in total. The van der Waals surface area contributed by atoms with Crippen LogP contribution < -0.4 is 10.6 Å². The quantitative estimate of drug-likeness (QED) is 0.369. The maximum absolute atomic E-state index is 13.5. The van der Waals surface area contributed by atoms with Crippen molar-refractivity contribution in [3.63, 3.8) is 0 Å². The van der Waals surface area contributed by atoms with E-state index < -0.39 is 0 Å². The number of hydrogen-bond acceptors (Lipinski definition) is 6. The van der Waals surface area contributed by atoms with Crippen LogP contribution >= 0.6 is 0 Å². The molecule has 3 atom stereocenters. The zero-order valence-electron chi connectivity index (χ0n) is 23.9. The van der Waals surface area contributed by atoms with Gasteiger partial charge < -0.3 is 25.4 Å². The molecule has 3 fully saturated rings. The molecule has 0 spiro atoms. The summed E-state index contributed by atoms with van der Waals surface area (Å²) in [4.78, 5) is 31.0. The number of aromatic nitrogens is 3. The molecule has 8 heteroatoms. The second-order valence-corrected chi connectivity index (χ2v) is 12.8.